The molecule has 6 heteroatoms. The second-order valence-electron chi connectivity index (χ2n) is 6.30. The summed E-state index contributed by atoms with van der Waals surface area (Å²) in [6.45, 7) is 6.21. The molecule has 1 aromatic heterocycles. The highest BCUT2D eigenvalue weighted by molar-refractivity contribution is 5.89. The third-order valence-electron chi connectivity index (χ3n) is 4.27. The molecule has 0 radical (unpaired) electrons. The van der Waals surface area contributed by atoms with Crippen LogP contribution in [0.4, 0.5) is 10.5 Å². The zero-order valence-electron chi connectivity index (χ0n) is 14.5. The number of nitrogens with one attached hydrogen (secondary N) is 2. The van der Waals surface area contributed by atoms with Gasteiger partial charge in [0.25, 0.3) is 0 Å². The number of carbonyl (C=O) groups excluding carboxylic acids is 1. The van der Waals surface area contributed by atoms with E-state index in [0.29, 0.717) is 30.6 Å². The van der Waals surface area contributed by atoms with Crippen molar-refractivity contribution in [3.8, 4) is 11.6 Å². The van der Waals surface area contributed by atoms with Gasteiger partial charge in [0.15, 0.2) is 0 Å². The number of aryl methyl sites for hydroxylation is 2. The van der Waals surface area contributed by atoms with E-state index in [1.165, 1.54) is 11.1 Å². The first-order chi connectivity index (χ1) is 12.1. The molecule has 0 aliphatic carbocycles. The van der Waals surface area contributed by atoms with Gasteiger partial charge in [-0.25, -0.2) is 9.78 Å². The second-order valence-corrected chi connectivity index (χ2v) is 6.30. The molecule has 2 heterocycles. The lowest BCUT2D eigenvalue weighted by Crippen LogP contribution is -2.33. The van der Waals surface area contributed by atoms with Crippen molar-refractivity contribution in [1.29, 1.82) is 0 Å². The van der Waals surface area contributed by atoms with Crippen molar-refractivity contribution >= 4 is 11.7 Å². The van der Waals surface area contributed by atoms with Crippen molar-refractivity contribution < 1.29 is 14.3 Å². The molecular weight excluding hydrogens is 318 g/mol. The molecular formula is C19H23N3O3. The number of amides is 2. The maximum absolute atomic E-state index is 11.9. The number of urea groups is 1. The molecule has 3 rings (SSSR count). The van der Waals surface area contributed by atoms with Crippen LogP contribution in [0.1, 0.15) is 17.5 Å². The van der Waals surface area contributed by atoms with Gasteiger partial charge in [-0.2, -0.15) is 0 Å². The fourth-order valence-electron chi connectivity index (χ4n) is 2.57. The quantitative estimate of drug-likeness (QED) is 0.871. The maximum atomic E-state index is 11.9. The minimum Gasteiger partial charge on any atom is -0.439 e. The monoisotopic (exact) mass is 341 g/mol. The maximum Gasteiger partial charge on any atom is 0.319 e. The lowest BCUT2D eigenvalue weighted by molar-refractivity contribution is 0.185. The molecule has 25 heavy (non-hydrogen) atoms. The summed E-state index contributed by atoms with van der Waals surface area (Å²) < 4.78 is 11.0. The Bertz CT molecular complexity index is 725. The Balaban J connectivity index is 1.50. The number of hydrogen-bond acceptors (Lipinski definition) is 4. The number of ether oxygens (including phenoxy) is 2. The summed E-state index contributed by atoms with van der Waals surface area (Å²) in [7, 11) is 0. The fraction of sp³-hybridized carbons (Fsp3) is 0.368. The van der Waals surface area contributed by atoms with Crippen molar-refractivity contribution in [2.45, 2.75) is 20.3 Å². The molecule has 1 atom stereocenters. The van der Waals surface area contributed by atoms with E-state index in [0.717, 1.165) is 18.8 Å². The fourth-order valence-corrected chi connectivity index (χ4v) is 2.57. The molecule has 132 valence electrons. The smallest absolute Gasteiger partial charge is 0.319 e. The van der Waals surface area contributed by atoms with Crippen LogP contribution in [0, 0.1) is 19.8 Å². The topological polar surface area (TPSA) is 72.5 Å². The number of pyridine rings is 1. The van der Waals surface area contributed by atoms with Gasteiger partial charge in [-0.15, -0.1) is 0 Å². The predicted molar refractivity (Wildman–Crippen MR) is 96.2 cm³/mol. The molecule has 0 bridgehead atoms. The molecule has 1 aliphatic rings. The van der Waals surface area contributed by atoms with E-state index in [4.69, 9.17) is 9.47 Å². The number of hydrogen-bond donors (Lipinski definition) is 2. The van der Waals surface area contributed by atoms with E-state index >= 15 is 0 Å². The molecule has 1 fully saturated rings. The zero-order chi connectivity index (χ0) is 17.6. The average Bonchev–Trinajstić information content (AvgIpc) is 3.12. The Labute approximate surface area is 147 Å². The van der Waals surface area contributed by atoms with Crippen LogP contribution in [0.2, 0.25) is 0 Å². The Kier molecular flexibility index (Phi) is 5.50. The molecule has 2 N–H and O–H groups in total. The highest BCUT2D eigenvalue weighted by Gasteiger charge is 2.16. The third kappa shape index (κ3) is 4.93. The first kappa shape index (κ1) is 17.2. The van der Waals surface area contributed by atoms with E-state index in [1.54, 1.807) is 18.3 Å². The summed E-state index contributed by atoms with van der Waals surface area (Å²) in [4.78, 5) is 16.1. The summed E-state index contributed by atoms with van der Waals surface area (Å²) in [6, 6.07) is 9.16. The Hall–Kier alpha value is -2.60. The lowest BCUT2D eigenvalue weighted by Gasteiger charge is -2.11. The van der Waals surface area contributed by atoms with E-state index < -0.39 is 0 Å². The van der Waals surface area contributed by atoms with Gasteiger partial charge in [-0.3, -0.25) is 0 Å². The molecule has 0 unspecified atom stereocenters. The standard InChI is InChI=1S/C19H23N3O3/c1-13-3-5-17(9-14(13)2)25-18-6-4-16(11-20-18)22-19(23)21-10-15-7-8-24-12-15/h3-6,9,11,15H,7-8,10,12H2,1-2H3,(H2,21,22,23)/t15-/m1/s1. The molecule has 0 spiro atoms. The van der Waals surface area contributed by atoms with Crippen molar-refractivity contribution in [3.05, 3.63) is 47.7 Å². The summed E-state index contributed by atoms with van der Waals surface area (Å²) >= 11 is 0. The number of aromatic nitrogens is 1. The van der Waals surface area contributed by atoms with Crippen molar-refractivity contribution in [2.24, 2.45) is 5.92 Å². The van der Waals surface area contributed by atoms with Gasteiger partial charge in [-0.05, 0) is 49.6 Å². The number of anilines is 1. The number of benzene rings is 1. The van der Waals surface area contributed by atoms with Gasteiger partial charge in [-0.1, -0.05) is 6.07 Å². The molecule has 2 amide bonds. The van der Waals surface area contributed by atoms with E-state index in [2.05, 4.69) is 22.5 Å². The molecule has 1 saturated heterocycles. The highest BCUT2D eigenvalue weighted by atomic mass is 16.5. The first-order valence-corrected chi connectivity index (χ1v) is 8.44. The summed E-state index contributed by atoms with van der Waals surface area (Å²) in [5.74, 6) is 1.63. The SMILES string of the molecule is Cc1ccc(Oc2ccc(NC(=O)NC[C@H]3CCOC3)cn2)cc1C. The van der Waals surface area contributed by atoms with Crippen LogP contribution in [0.25, 0.3) is 0 Å². The van der Waals surface area contributed by atoms with Crippen molar-refractivity contribution in [3.63, 3.8) is 0 Å². The van der Waals surface area contributed by atoms with Crippen LogP contribution in [0.15, 0.2) is 36.5 Å². The minimum absolute atomic E-state index is 0.239. The first-order valence-electron chi connectivity index (χ1n) is 8.44. The summed E-state index contributed by atoms with van der Waals surface area (Å²) in [6.07, 6.45) is 2.57. The van der Waals surface area contributed by atoms with Gasteiger partial charge in [0.2, 0.25) is 5.88 Å². The van der Waals surface area contributed by atoms with Gasteiger partial charge in [0.05, 0.1) is 18.5 Å². The van der Waals surface area contributed by atoms with Gasteiger partial charge < -0.3 is 20.1 Å². The van der Waals surface area contributed by atoms with Crippen molar-refractivity contribution in [2.75, 3.05) is 25.1 Å². The summed E-state index contributed by atoms with van der Waals surface area (Å²) in [5.41, 5.74) is 3.00. The molecule has 6 nitrogen and oxygen atoms in total. The van der Waals surface area contributed by atoms with Crippen LogP contribution in [0.3, 0.4) is 0 Å². The molecule has 2 aromatic rings. The Morgan fingerprint density at radius 2 is 2.16 bits per heavy atom. The molecule has 0 saturated carbocycles. The second kappa shape index (κ2) is 7.98. The summed E-state index contributed by atoms with van der Waals surface area (Å²) in [5, 5.41) is 5.61. The van der Waals surface area contributed by atoms with Crippen LogP contribution < -0.4 is 15.4 Å². The predicted octanol–water partition coefficient (Wildman–Crippen LogP) is 3.65. The zero-order valence-corrected chi connectivity index (χ0v) is 14.5. The van der Waals surface area contributed by atoms with Gasteiger partial charge in [0, 0.05) is 25.1 Å². The Morgan fingerprint density at radius 1 is 1.28 bits per heavy atom. The van der Waals surface area contributed by atoms with Crippen LogP contribution in [0.5, 0.6) is 11.6 Å². The minimum atomic E-state index is -0.239. The number of carbonyl (C=O) groups is 1. The normalized spacial score (nSPS) is 16.5. The molecule has 1 aromatic carbocycles. The lowest BCUT2D eigenvalue weighted by atomic mass is 10.1. The van der Waals surface area contributed by atoms with Gasteiger partial charge in [0.1, 0.15) is 5.75 Å². The van der Waals surface area contributed by atoms with Crippen molar-refractivity contribution in [1.82, 2.24) is 10.3 Å². The van der Waals surface area contributed by atoms with E-state index in [-0.39, 0.29) is 6.03 Å². The third-order valence-corrected chi connectivity index (χ3v) is 4.27. The number of nitrogens with zero attached hydrogens (tertiary/aromatic N) is 1. The van der Waals surface area contributed by atoms with E-state index in [1.807, 2.05) is 25.1 Å². The van der Waals surface area contributed by atoms with Crippen LogP contribution in [-0.4, -0.2) is 30.8 Å². The van der Waals surface area contributed by atoms with E-state index in [9.17, 15) is 4.79 Å². The van der Waals surface area contributed by atoms with Crippen LogP contribution in [-0.2, 0) is 4.74 Å². The average molecular weight is 341 g/mol. The number of rotatable bonds is 5. The Morgan fingerprint density at radius 3 is 2.84 bits per heavy atom. The molecule has 1 aliphatic heterocycles. The van der Waals surface area contributed by atoms with Crippen LogP contribution >= 0.6 is 0 Å². The highest BCUT2D eigenvalue weighted by Crippen LogP contribution is 2.23. The largest absolute Gasteiger partial charge is 0.439 e. The van der Waals surface area contributed by atoms with Gasteiger partial charge >= 0.3 is 6.03 Å².